The second kappa shape index (κ2) is 7.07. The molecule has 0 aliphatic rings. The van der Waals surface area contributed by atoms with E-state index in [9.17, 15) is 13.2 Å². The number of nitrogens with one attached hydrogen (secondary N) is 1. The molecule has 0 atom stereocenters. The van der Waals surface area contributed by atoms with Crippen molar-refractivity contribution in [1.82, 2.24) is 5.32 Å². The molecule has 2 rings (SSSR count). The van der Waals surface area contributed by atoms with E-state index >= 15 is 0 Å². The lowest BCUT2D eigenvalue weighted by atomic mass is 10.1. The Kier molecular flexibility index (Phi) is 5.14. The topological polar surface area (TPSA) is 87.0 Å². The molecule has 0 spiro atoms. The first-order chi connectivity index (χ1) is 10.9. The molecule has 0 aromatic heterocycles. The Morgan fingerprint density at radius 1 is 1.13 bits per heavy atom. The molecule has 0 aliphatic heterocycles. The van der Waals surface area contributed by atoms with Crippen molar-refractivity contribution in [2.24, 2.45) is 0 Å². The fourth-order valence-corrected chi connectivity index (χ4v) is 2.89. The van der Waals surface area contributed by atoms with Crippen molar-refractivity contribution in [2.45, 2.75) is 12.3 Å². The Labute approximate surface area is 135 Å². The lowest BCUT2D eigenvalue weighted by Crippen LogP contribution is -2.22. The molecule has 0 aliphatic carbocycles. The highest BCUT2D eigenvalue weighted by Crippen LogP contribution is 2.09. The third kappa shape index (κ3) is 5.24. The molecule has 23 heavy (non-hydrogen) atoms. The van der Waals surface area contributed by atoms with Crippen LogP contribution in [-0.4, -0.2) is 20.6 Å². The van der Waals surface area contributed by atoms with E-state index in [1.807, 2.05) is 12.1 Å². The Bertz CT molecular complexity index is 850. The summed E-state index contributed by atoms with van der Waals surface area (Å²) >= 11 is 0. The molecular formula is C17H16N2O3S. The number of rotatable bonds is 5. The first-order valence-electron chi connectivity index (χ1n) is 6.91. The summed E-state index contributed by atoms with van der Waals surface area (Å²) in [4.78, 5) is 12.1. The number of hydrogen-bond acceptors (Lipinski definition) is 4. The summed E-state index contributed by atoms with van der Waals surface area (Å²) in [5.41, 5.74) is 2.48. The maximum absolute atomic E-state index is 12.1. The molecule has 0 heterocycles. The summed E-state index contributed by atoms with van der Waals surface area (Å²) in [5, 5.41) is 11.6. The van der Waals surface area contributed by atoms with Crippen molar-refractivity contribution in [3.8, 4) is 6.07 Å². The second-order valence-corrected chi connectivity index (χ2v) is 7.40. The van der Waals surface area contributed by atoms with Crippen LogP contribution >= 0.6 is 0 Å². The summed E-state index contributed by atoms with van der Waals surface area (Å²) in [7, 11) is -3.09. The van der Waals surface area contributed by atoms with E-state index in [2.05, 4.69) is 5.32 Å². The number of carbonyl (C=O) groups excluding carboxylic acids is 1. The van der Waals surface area contributed by atoms with Gasteiger partial charge in [-0.1, -0.05) is 24.3 Å². The summed E-state index contributed by atoms with van der Waals surface area (Å²) in [6, 6.07) is 15.5. The Hall–Kier alpha value is -2.65. The van der Waals surface area contributed by atoms with Crippen molar-refractivity contribution in [1.29, 1.82) is 5.26 Å². The van der Waals surface area contributed by atoms with E-state index in [1.165, 1.54) is 6.26 Å². The smallest absolute Gasteiger partial charge is 0.251 e. The number of nitriles is 1. The van der Waals surface area contributed by atoms with Gasteiger partial charge in [0.05, 0.1) is 17.4 Å². The van der Waals surface area contributed by atoms with Gasteiger partial charge in [0.25, 0.3) is 5.91 Å². The van der Waals surface area contributed by atoms with Crippen LogP contribution in [0.15, 0.2) is 48.5 Å². The van der Waals surface area contributed by atoms with Crippen molar-refractivity contribution in [2.75, 3.05) is 6.26 Å². The van der Waals surface area contributed by atoms with Gasteiger partial charge in [-0.2, -0.15) is 5.26 Å². The molecule has 0 radical (unpaired) electrons. The summed E-state index contributed by atoms with van der Waals surface area (Å²) in [6.45, 7) is 0.319. The van der Waals surface area contributed by atoms with Crippen LogP contribution in [0.4, 0.5) is 0 Å². The average Bonchev–Trinajstić information content (AvgIpc) is 2.52. The van der Waals surface area contributed by atoms with Gasteiger partial charge in [0.1, 0.15) is 0 Å². The minimum atomic E-state index is -3.09. The molecule has 1 amide bonds. The fraction of sp³-hybridized carbons (Fsp3) is 0.176. The zero-order valence-electron chi connectivity index (χ0n) is 12.6. The molecule has 118 valence electrons. The Balaban J connectivity index is 1.99. The summed E-state index contributed by atoms with van der Waals surface area (Å²) < 4.78 is 22.5. The minimum Gasteiger partial charge on any atom is -0.348 e. The third-order valence-corrected chi connectivity index (χ3v) is 4.01. The van der Waals surface area contributed by atoms with Crippen LogP contribution in [-0.2, 0) is 22.1 Å². The van der Waals surface area contributed by atoms with Gasteiger partial charge in [-0.15, -0.1) is 0 Å². The maximum atomic E-state index is 12.1. The molecule has 6 heteroatoms. The van der Waals surface area contributed by atoms with E-state index in [0.717, 1.165) is 5.56 Å². The van der Waals surface area contributed by atoms with E-state index in [-0.39, 0.29) is 11.7 Å². The normalized spacial score (nSPS) is 10.8. The molecule has 2 aromatic rings. The van der Waals surface area contributed by atoms with E-state index < -0.39 is 9.84 Å². The Morgan fingerprint density at radius 2 is 1.83 bits per heavy atom. The van der Waals surface area contributed by atoms with E-state index in [1.54, 1.807) is 42.5 Å². The number of amides is 1. The number of nitrogens with zero attached hydrogens (tertiary/aromatic N) is 1. The monoisotopic (exact) mass is 328 g/mol. The van der Waals surface area contributed by atoms with Gasteiger partial charge in [0, 0.05) is 18.4 Å². The first-order valence-corrected chi connectivity index (χ1v) is 8.97. The van der Waals surface area contributed by atoms with Gasteiger partial charge in [0.15, 0.2) is 9.84 Å². The van der Waals surface area contributed by atoms with Gasteiger partial charge < -0.3 is 5.32 Å². The largest absolute Gasteiger partial charge is 0.348 e. The zero-order chi connectivity index (χ0) is 16.9. The summed E-state index contributed by atoms with van der Waals surface area (Å²) in [5.74, 6) is -0.297. The molecule has 0 bridgehead atoms. The fourth-order valence-electron chi connectivity index (χ4n) is 2.09. The van der Waals surface area contributed by atoms with Crippen LogP contribution in [0.5, 0.6) is 0 Å². The second-order valence-electron chi connectivity index (χ2n) is 5.26. The molecule has 0 unspecified atom stereocenters. The molecular weight excluding hydrogens is 312 g/mol. The number of sulfone groups is 1. The van der Waals surface area contributed by atoms with Gasteiger partial charge in [-0.05, 0) is 35.4 Å². The predicted molar refractivity (Wildman–Crippen MR) is 87.3 cm³/mol. The van der Waals surface area contributed by atoms with Gasteiger partial charge in [0.2, 0.25) is 0 Å². The van der Waals surface area contributed by atoms with Crippen LogP contribution in [0.3, 0.4) is 0 Å². The molecule has 0 saturated heterocycles. The highest BCUT2D eigenvalue weighted by molar-refractivity contribution is 7.89. The average molecular weight is 328 g/mol. The van der Waals surface area contributed by atoms with Crippen molar-refractivity contribution >= 4 is 15.7 Å². The molecule has 1 N–H and O–H groups in total. The molecule has 0 fully saturated rings. The third-order valence-electron chi connectivity index (χ3n) is 3.15. The van der Waals surface area contributed by atoms with Crippen LogP contribution in [0.1, 0.15) is 27.0 Å². The zero-order valence-corrected chi connectivity index (χ0v) is 13.4. The predicted octanol–water partition coefficient (Wildman–Crippen LogP) is 2.03. The van der Waals surface area contributed by atoms with Crippen LogP contribution in [0.2, 0.25) is 0 Å². The SMILES string of the molecule is CS(=O)(=O)Cc1ccc(C(=O)NCc2cccc(C#N)c2)cc1. The van der Waals surface area contributed by atoms with Crippen LogP contribution in [0, 0.1) is 11.3 Å². The van der Waals surface area contributed by atoms with Gasteiger partial charge in [-0.25, -0.2) is 8.42 Å². The maximum Gasteiger partial charge on any atom is 0.251 e. The number of hydrogen-bond donors (Lipinski definition) is 1. The molecule has 5 nitrogen and oxygen atoms in total. The van der Waals surface area contributed by atoms with Crippen molar-refractivity contribution in [3.63, 3.8) is 0 Å². The van der Waals surface area contributed by atoms with E-state index in [4.69, 9.17) is 5.26 Å². The highest BCUT2D eigenvalue weighted by atomic mass is 32.2. The van der Waals surface area contributed by atoms with Crippen LogP contribution < -0.4 is 5.32 Å². The minimum absolute atomic E-state index is 0.0458. The van der Waals surface area contributed by atoms with E-state index in [0.29, 0.717) is 23.2 Å². The van der Waals surface area contributed by atoms with Crippen molar-refractivity contribution in [3.05, 3.63) is 70.8 Å². The molecule has 0 saturated carbocycles. The number of carbonyl (C=O) groups is 1. The first kappa shape index (κ1) is 16.7. The van der Waals surface area contributed by atoms with Crippen molar-refractivity contribution < 1.29 is 13.2 Å². The summed E-state index contributed by atoms with van der Waals surface area (Å²) in [6.07, 6.45) is 1.17. The van der Waals surface area contributed by atoms with Crippen LogP contribution in [0.25, 0.3) is 0 Å². The number of benzene rings is 2. The van der Waals surface area contributed by atoms with Gasteiger partial charge in [-0.3, -0.25) is 4.79 Å². The molecule has 2 aromatic carbocycles. The van der Waals surface area contributed by atoms with Gasteiger partial charge >= 0.3 is 0 Å². The lowest BCUT2D eigenvalue weighted by molar-refractivity contribution is 0.0951. The standard InChI is InChI=1S/C17H16N2O3S/c1-23(21,22)12-13-5-7-16(8-6-13)17(20)19-11-15-4-2-3-14(9-15)10-18/h2-9H,11-12H2,1H3,(H,19,20). The Morgan fingerprint density at radius 3 is 2.43 bits per heavy atom. The lowest BCUT2D eigenvalue weighted by Gasteiger charge is -2.07. The highest BCUT2D eigenvalue weighted by Gasteiger charge is 2.08. The quantitative estimate of drug-likeness (QED) is 0.910.